The van der Waals surface area contributed by atoms with E-state index in [1.54, 1.807) is 36.4 Å². The second kappa shape index (κ2) is 15.2. The molecule has 14 nitrogen and oxygen atoms in total. The summed E-state index contributed by atoms with van der Waals surface area (Å²) in [4.78, 5) is 48.4. The molecular weight excluding hydrogens is 614 g/mol. The summed E-state index contributed by atoms with van der Waals surface area (Å²) in [5.41, 5.74) is 2.47. The van der Waals surface area contributed by atoms with Crippen LogP contribution in [0.4, 0.5) is 28.1 Å². The van der Waals surface area contributed by atoms with Gasteiger partial charge in [-0.2, -0.15) is 15.0 Å². The smallest absolute Gasteiger partial charge is 0.323 e. The molecule has 256 valence electrons. The number of benzene rings is 2. The minimum atomic E-state index is -0.414. The van der Waals surface area contributed by atoms with Gasteiger partial charge in [0.25, 0.3) is 5.91 Å². The fourth-order valence-corrected chi connectivity index (χ4v) is 6.54. The van der Waals surface area contributed by atoms with Crippen molar-refractivity contribution in [2.24, 2.45) is 0 Å². The first-order chi connectivity index (χ1) is 23.4. The largest absolute Gasteiger partial charge is 0.394 e. The van der Waals surface area contributed by atoms with Gasteiger partial charge in [-0.25, -0.2) is 4.79 Å². The van der Waals surface area contributed by atoms with Crippen molar-refractivity contribution in [1.29, 1.82) is 0 Å². The molecule has 3 aromatic rings. The van der Waals surface area contributed by atoms with E-state index in [4.69, 9.17) is 19.7 Å². The Morgan fingerprint density at radius 3 is 2.02 bits per heavy atom. The Bertz CT molecular complexity index is 1540. The Kier molecular flexibility index (Phi) is 10.6. The molecule has 3 amide bonds. The van der Waals surface area contributed by atoms with Gasteiger partial charge in [0.15, 0.2) is 5.82 Å². The molecule has 0 radical (unpaired) electrons. The molecule has 1 unspecified atom stereocenters. The van der Waals surface area contributed by atoms with Crippen LogP contribution in [0.5, 0.6) is 0 Å². The lowest BCUT2D eigenvalue weighted by atomic mass is 10.1. The van der Waals surface area contributed by atoms with Gasteiger partial charge in [-0.3, -0.25) is 4.79 Å². The van der Waals surface area contributed by atoms with Crippen LogP contribution in [0.25, 0.3) is 11.4 Å². The zero-order valence-corrected chi connectivity index (χ0v) is 27.6. The molecule has 3 aliphatic rings. The Balaban J connectivity index is 1.14. The molecule has 3 saturated heterocycles. The monoisotopic (exact) mass is 659 g/mol. The van der Waals surface area contributed by atoms with E-state index in [2.05, 4.69) is 34.3 Å². The van der Waals surface area contributed by atoms with Gasteiger partial charge < -0.3 is 45.2 Å². The van der Waals surface area contributed by atoms with Crippen LogP contribution >= 0.6 is 0 Å². The Morgan fingerprint density at radius 2 is 1.44 bits per heavy atom. The number of amides is 3. The number of carbonyl (C=O) groups is 2. The number of nitrogens with one attached hydrogen (secondary N) is 2. The molecule has 0 aliphatic carbocycles. The normalized spacial score (nSPS) is 21.8. The molecule has 14 heteroatoms. The van der Waals surface area contributed by atoms with Gasteiger partial charge in [0.2, 0.25) is 11.9 Å². The number of rotatable bonds is 9. The van der Waals surface area contributed by atoms with E-state index >= 15 is 0 Å². The fraction of sp³-hybridized carbons (Fsp3) is 0.500. The Labute approximate surface area is 280 Å². The molecule has 3 fully saturated rings. The number of piperazine rings is 1. The zero-order valence-electron chi connectivity index (χ0n) is 27.6. The van der Waals surface area contributed by atoms with Crippen LogP contribution < -0.4 is 20.4 Å². The van der Waals surface area contributed by atoms with Gasteiger partial charge in [-0.1, -0.05) is 6.92 Å². The molecular formula is C34H45N9O5. The van der Waals surface area contributed by atoms with Crippen molar-refractivity contribution < 1.29 is 24.5 Å². The van der Waals surface area contributed by atoms with E-state index in [0.717, 1.165) is 38.0 Å². The van der Waals surface area contributed by atoms with Gasteiger partial charge >= 0.3 is 6.03 Å². The third kappa shape index (κ3) is 7.51. The maximum atomic E-state index is 12.9. The number of anilines is 4. The highest BCUT2D eigenvalue weighted by Gasteiger charge is 2.36. The van der Waals surface area contributed by atoms with Crippen LogP contribution in [0.15, 0.2) is 48.5 Å². The standard InChI is InChI=1S/C34H45N9O5/c1-3-40-14-16-41(17-15-40)31(46)25-6-10-27(11-7-25)36-34(47)35-26-8-4-24(5-9-26)30-37-32(42-18-19-48-22-23(42)2)39-33(38-30)43-28(20-44)12-13-29(43)21-45/h4-11,23,28-29,44-45H,3,12-22H2,1-2H3,(H2,35,36,47)/t23?,28-,29+. The van der Waals surface area contributed by atoms with Crippen molar-refractivity contribution in [3.05, 3.63) is 54.1 Å². The summed E-state index contributed by atoms with van der Waals surface area (Å²) in [5, 5.41) is 25.8. The van der Waals surface area contributed by atoms with Crippen LogP contribution in [0.2, 0.25) is 0 Å². The molecule has 6 rings (SSSR count). The highest BCUT2D eigenvalue weighted by atomic mass is 16.5. The van der Waals surface area contributed by atoms with Gasteiger partial charge in [0.1, 0.15) is 0 Å². The van der Waals surface area contributed by atoms with E-state index in [1.807, 2.05) is 21.9 Å². The summed E-state index contributed by atoms with van der Waals surface area (Å²) in [6.07, 6.45) is 1.46. The number of likely N-dealkylation sites (N-methyl/N-ethyl adjacent to an activating group) is 1. The second-order valence-corrected chi connectivity index (χ2v) is 12.5. The number of aliphatic hydroxyl groups excluding tert-OH is 2. The van der Waals surface area contributed by atoms with Crippen LogP contribution in [0.1, 0.15) is 37.0 Å². The maximum Gasteiger partial charge on any atom is 0.323 e. The summed E-state index contributed by atoms with van der Waals surface area (Å²) < 4.78 is 5.63. The van der Waals surface area contributed by atoms with E-state index in [1.165, 1.54) is 0 Å². The molecule has 48 heavy (non-hydrogen) atoms. The summed E-state index contributed by atoms with van der Waals surface area (Å²) in [7, 11) is 0. The van der Waals surface area contributed by atoms with E-state index in [0.29, 0.717) is 67.5 Å². The molecule has 4 N–H and O–H groups in total. The first kappa shape index (κ1) is 33.5. The number of nitrogens with zero attached hydrogens (tertiary/aromatic N) is 7. The van der Waals surface area contributed by atoms with Gasteiger partial charge in [0, 0.05) is 55.2 Å². The highest BCUT2D eigenvalue weighted by Crippen LogP contribution is 2.31. The first-order valence-corrected chi connectivity index (χ1v) is 16.8. The lowest BCUT2D eigenvalue weighted by molar-refractivity contribution is 0.0643. The van der Waals surface area contributed by atoms with Crippen molar-refractivity contribution in [1.82, 2.24) is 24.8 Å². The Morgan fingerprint density at radius 1 is 0.833 bits per heavy atom. The van der Waals surface area contributed by atoms with E-state index in [9.17, 15) is 19.8 Å². The summed E-state index contributed by atoms with van der Waals surface area (Å²) in [6.45, 7) is 9.96. The molecule has 0 saturated carbocycles. The third-order valence-corrected chi connectivity index (χ3v) is 9.41. The number of carbonyl (C=O) groups excluding carboxylic acids is 2. The molecule has 0 bridgehead atoms. The van der Waals surface area contributed by atoms with Crippen molar-refractivity contribution in [2.75, 3.05) is 86.1 Å². The van der Waals surface area contributed by atoms with E-state index in [-0.39, 0.29) is 37.2 Å². The zero-order chi connectivity index (χ0) is 33.6. The number of ether oxygens (including phenoxy) is 1. The summed E-state index contributed by atoms with van der Waals surface area (Å²) in [5.74, 6) is 1.38. The number of morpholine rings is 1. The second-order valence-electron chi connectivity index (χ2n) is 12.5. The molecule has 3 aliphatic heterocycles. The predicted molar refractivity (Wildman–Crippen MR) is 183 cm³/mol. The van der Waals surface area contributed by atoms with E-state index < -0.39 is 6.03 Å². The third-order valence-electron chi connectivity index (χ3n) is 9.41. The van der Waals surface area contributed by atoms with Crippen LogP contribution in [0.3, 0.4) is 0 Å². The molecule has 1 aromatic heterocycles. The summed E-state index contributed by atoms with van der Waals surface area (Å²) >= 11 is 0. The lowest BCUT2D eigenvalue weighted by Gasteiger charge is -2.34. The van der Waals surface area contributed by atoms with Crippen molar-refractivity contribution >= 4 is 35.2 Å². The maximum absolute atomic E-state index is 12.9. The lowest BCUT2D eigenvalue weighted by Crippen LogP contribution is -2.48. The minimum absolute atomic E-state index is 0.000535. The van der Waals surface area contributed by atoms with Crippen LogP contribution in [-0.2, 0) is 4.74 Å². The van der Waals surface area contributed by atoms with Crippen molar-refractivity contribution in [3.8, 4) is 11.4 Å². The number of hydrogen-bond donors (Lipinski definition) is 4. The van der Waals surface area contributed by atoms with Gasteiger partial charge in [0.05, 0.1) is 44.6 Å². The SMILES string of the molecule is CCN1CCN(C(=O)c2ccc(NC(=O)Nc3ccc(-c4nc(N5CCOCC5C)nc(N5[C@H](CO)CC[C@@H]5CO)n4)cc3)cc2)CC1. The highest BCUT2D eigenvalue weighted by molar-refractivity contribution is 6.00. The minimum Gasteiger partial charge on any atom is -0.394 e. The molecule has 3 atom stereocenters. The average Bonchev–Trinajstić information content (AvgIpc) is 3.55. The molecule has 4 heterocycles. The van der Waals surface area contributed by atoms with Crippen LogP contribution in [0, 0.1) is 0 Å². The molecule has 0 spiro atoms. The predicted octanol–water partition coefficient (Wildman–Crippen LogP) is 2.51. The van der Waals surface area contributed by atoms with Crippen molar-refractivity contribution in [3.63, 3.8) is 0 Å². The van der Waals surface area contributed by atoms with Gasteiger partial charge in [-0.05, 0) is 74.8 Å². The molecule has 2 aromatic carbocycles. The quantitative estimate of drug-likeness (QED) is 0.267. The average molecular weight is 660 g/mol. The van der Waals surface area contributed by atoms with Crippen LogP contribution in [-0.4, -0.2) is 131 Å². The topological polar surface area (TPSA) is 160 Å². The number of urea groups is 1. The van der Waals surface area contributed by atoms with Crippen molar-refractivity contribution in [2.45, 2.75) is 44.8 Å². The fourth-order valence-electron chi connectivity index (χ4n) is 6.54. The van der Waals surface area contributed by atoms with Gasteiger partial charge in [-0.15, -0.1) is 0 Å². The summed E-state index contributed by atoms with van der Waals surface area (Å²) in [6, 6.07) is 13.4. The Hall–Kier alpha value is -4.37. The number of hydrogen-bond acceptors (Lipinski definition) is 11. The first-order valence-electron chi connectivity index (χ1n) is 16.8. The number of aromatic nitrogens is 3. The number of aliphatic hydroxyl groups is 2.